The van der Waals surface area contributed by atoms with E-state index in [9.17, 15) is 4.79 Å². The van der Waals surface area contributed by atoms with Gasteiger partial charge in [-0.25, -0.2) is 9.97 Å². The van der Waals surface area contributed by atoms with Crippen LogP contribution in [0.25, 0.3) is 16.9 Å². The first-order chi connectivity index (χ1) is 13.1. The van der Waals surface area contributed by atoms with Gasteiger partial charge in [0.2, 0.25) is 0 Å². The molecule has 27 heavy (non-hydrogen) atoms. The van der Waals surface area contributed by atoms with Gasteiger partial charge < -0.3 is 5.32 Å². The Morgan fingerprint density at radius 1 is 1.00 bits per heavy atom. The lowest BCUT2D eigenvalue weighted by Crippen LogP contribution is -2.23. The molecule has 0 saturated heterocycles. The van der Waals surface area contributed by atoms with Gasteiger partial charge in [0.25, 0.3) is 5.91 Å². The first kappa shape index (κ1) is 17.0. The van der Waals surface area contributed by atoms with Crippen LogP contribution in [-0.4, -0.2) is 20.4 Å². The van der Waals surface area contributed by atoms with E-state index in [1.807, 2.05) is 73.0 Å². The zero-order valence-corrected chi connectivity index (χ0v) is 15.3. The molecule has 5 heteroatoms. The largest absolute Gasteiger partial charge is 0.348 e. The monoisotopic (exact) mass is 356 g/mol. The van der Waals surface area contributed by atoms with Crippen molar-refractivity contribution in [3.05, 3.63) is 89.4 Å². The number of carbonyl (C=O) groups is 1. The summed E-state index contributed by atoms with van der Waals surface area (Å²) in [5, 5.41) is 2.97. The number of imidazole rings is 1. The predicted molar refractivity (Wildman–Crippen MR) is 106 cm³/mol. The Bertz CT molecular complexity index is 1110. The number of pyridine rings is 1. The van der Waals surface area contributed by atoms with Crippen LogP contribution in [0.5, 0.6) is 0 Å². The molecule has 1 N–H and O–H groups in total. The number of amides is 1. The van der Waals surface area contributed by atoms with Gasteiger partial charge in [0, 0.05) is 18.3 Å². The van der Waals surface area contributed by atoms with Crippen LogP contribution < -0.4 is 5.32 Å². The third-order valence-electron chi connectivity index (χ3n) is 4.81. The van der Waals surface area contributed by atoms with Gasteiger partial charge in [-0.1, -0.05) is 30.3 Å². The molecule has 4 rings (SSSR count). The van der Waals surface area contributed by atoms with Gasteiger partial charge in [-0.15, -0.1) is 0 Å². The second kappa shape index (κ2) is 7.03. The molecule has 2 aromatic carbocycles. The van der Waals surface area contributed by atoms with Crippen LogP contribution in [0.4, 0.5) is 0 Å². The smallest absolute Gasteiger partial charge is 0.251 e. The number of hydrogen-bond donors (Lipinski definition) is 1. The van der Waals surface area contributed by atoms with Gasteiger partial charge in [0.05, 0.1) is 11.0 Å². The summed E-state index contributed by atoms with van der Waals surface area (Å²) >= 11 is 0. The normalized spacial score (nSPS) is 10.9. The van der Waals surface area contributed by atoms with Crippen molar-refractivity contribution in [1.29, 1.82) is 0 Å². The summed E-state index contributed by atoms with van der Waals surface area (Å²) in [5.74, 6) is 0.731. The molecule has 0 atom stereocenters. The molecule has 134 valence electrons. The summed E-state index contributed by atoms with van der Waals surface area (Å²) in [6.45, 7) is 4.41. The minimum absolute atomic E-state index is 0.0686. The molecular formula is C22H20N4O. The van der Waals surface area contributed by atoms with Crippen molar-refractivity contribution in [2.75, 3.05) is 0 Å². The Morgan fingerprint density at radius 2 is 1.85 bits per heavy atom. The molecule has 2 heterocycles. The van der Waals surface area contributed by atoms with Crippen molar-refractivity contribution in [2.24, 2.45) is 0 Å². The van der Waals surface area contributed by atoms with E-state index in [1.165, 1.54) is 0 Å². The van der Waals surface area contributed by atoms with E-state index in [0.717, 1.165) is 33.5 Å². The number of benzene rings is 2. The molecular weight excluding hydrogens is 336 g/mol. The highest BCUT2D eigenvalue weighted by molar-refractivity contribution is 5.95. The number of carbonyl (C=O) groups excluding carboxylic acids is 1. The van der Waals surface area contributed by atoms with Gasteiger partial charge >= 0.3 is 0 Å². The molecule has 0 aliphatic rings. The maximum atomic E-state index is 12.4. The summed E-state index contributed by atoms with van der Waals surface area (Å²) in [6.07, 6.45) is 3.56. The fourth-order valence-corrected chi connectivity index (χ4v) is 3.08. The minimum Gasteiger partial charge on any atom is -0.348 e. The standard InChI is InChI=1S/C22H20N4O/c1-15-6-5-7-18(16(15)2)22(27)24-13-17-10-11-21(23-12-17)26-14-25-19-8-3-4-9-20(19)26/h3-12,14H,13H2,1-2H3,(H,24,27). The molecule has 0 radical (unpaired) electrons. The molecule has 0 bridgehead atoms. The average molecular weight is 356 g/mol. The van der Waals surface area contributed by atoms with Crippen LogP contribution in [0, 0.1) is 13.8 Å². The van der Waals surface area contributed by atoms with Crippen molar-refractivity contribution < 1.29 is 4.79 Å². The van der Waals surface area contributed by atoms with Gasteiger partial charge in [0.15, 0.2) is 0 Å². The van der Waals surface area contributed by atoms with Crippen LogP contribution in [-0.2, 0) is 6.54 Å². The number of nitrogens with one attached hydrogen (secondary N) is 1. The van der Waals surface area contributed by atoms with E-state index in [-0.39, 0.29) is 5.91 Å². The summed E-state index contributed by atoms with van der Waals surface area (Å²) in [4.78, 5) is 21.4. The molecule has 4 aromatic rings. The van der Waals surface area contributed by atoms with Crippen LogP contribution in [0.1, 0.15) is 27.0 Å². The highest BCUT2D eigenvalue weighted by Crippen LogP contribution is 2.17. The Kier molecular flexibility index (Phi) is 4.42. The zero-order valence-electron chi connectivity index (χ0n) is 15.3. The van der Waals surface area contributed by atoms with Crippen molar-refractivity contribution in [1.82, 2.24) is 19.9 Å². The van der Waals surface area contributed by atoms with Gasteiger partial charge in [-0.2, -0.15) is 0 Å². The van der Waals surface area contributed by atoms with Crippen molar-refractivity contribution in [2.45, 2.75) is 20.4 Å². The Labute approximate surface area is 157 Å². The van der Waals surface area contributed by atoms with E-state index < -0.39 is 0 Å². The van der Waals surface area contributed by atoms with Gasteiger partial charge in [-0.05, 0) is 54.8 Å². The summed E-state index contributed by atoms with van der Waals surface area (Å²) in [7, 11) is 0. The van der Waals surface area contributed by atoms with Crippen LogP contribution >= 0.6 is 0 Å². The van der Waals surface area contributed by atoms with E-state index in [2.05, 4.69) is 15.3 Å². The molecule has 0 spiro atoms. The number of nitrogens with zero attached hydrogens (tertiary/aromatic N) is 3. The van der Waals surface area contributed by atoms with Crippen molar-refractivity contribution in [3.63, 3.8) is 0 Å². The molecule has 2 aromatic heterocycles. The number of fused-ring (bicyclic) bond motifs is 1. The zero-order chi connectivity index (χ0) is 18.8. The number of aryl methyl sites for hydroxylation is 1. The lowest BCUT2D eigenvalue weighted by Gasteiger charge is -2.10. The minimum atomic E-state index is -0.0686. The second-order valence-electron chi connectivity index (χ2n) is 6.56. The molecule has 0 aliphatic carbocycles. The van der Waals surface area contributed by atoms with E-state index >= 15 is 0 Å². The summed E-state index contributed by atoms with van der Waals surface area (Å²) in [6, 6.07) is 17.6. The quantitative estimate of drug-likeness (QED) is 0.602. The maximum absolute atomic E-state index is 12.4. The maximum Gasteiger partial charge on any atom is 0.251 e. The van der Waals surface area contributed by atoms with Crippen molar-refractivity contribution in [3.8, 4) is 5.82 Å². The van der Waals surface area contributed by atoms with Gasteiger partial charge in [0.1, 0.15) is 12.1 Å². The predicted octanol–water partition coefficient (Wildman–Crippen LogP) is 3.97. The lowest BCUT2D eigenvalue weighted by atomic mass is 10.0. The number of hydrogen-bond acceptors (Lipinski definition) is 3. The molecule has 0 fully saturated rings. The number of rotatable bonds is 4. The first-order valence-electron chi connectivity index (χ1n) is 8.85. The highest BCUT2D eigenvalue weighted by atomic mass is 16.1. The first-order valence-corrected chi connectivity index (χ1v) is 8.85. The SMILES string of the molecule is Cc1cccc(C(=O)NCc2ccc(-n3cnc4ccccc43)nc2)c1C. The summed E-state index contributed by atoms with van der Waals surface area (Å²) in [5.41, 5.74) is 5.73. The van der Waals surface area contributed by atoms with E-state index in [0.29, 0.717) is 12.1 Å². The molecule has 0 saturated carbocycles. The topological polar surface area (TPSA) is 59.8 Å². The lowest BCUT2D eigenvalue weighted by molar-refractivity contribution is 0.0950. The molecule has 1 amide bonds. The fourth-order valence-electron chi connectivity index (χ4n) is 3.08. The molecule has 0 aliphatic heterocycles. The van der Waals surface area contributed by atoms with Gasteiger partial charge in [-0.3, -0.25) is 9.36 Å². The van der Waals surface area contributed by atoms with E-state index in [4.69, 9.17) is 0 Å². The van der Waals surface area contributed by atoms with Crippen LogP contribution in [0.15, 0.2) is 67.1 Å². The third-order valence-corrected chi connectivity index (χ3v) is 4.81. The fraction of sp³-hybridized carbons (Fsp3) is 0.136. The number of aromatic nitrogens is 3. The van der Waals surface area contributed by atoms with Crippen molar-refractivity contribution >= 4 is 16.9 Å². The van der Waals surface area contributed by atoms with Crippen LogP contribution in [0.2, 0.25) is 0 Å². The highest BCUT2D eigenvalue weighted by Gasteiger charge is 2.10. The van der Waals surface area contributed by atoms with E-state index in [1.54, 1.807) is 12.5 Å². The van der Waals surface area contributed by atoms with Crippen LogP contribution in [0.3, 0.4) is 0 Å². The second-order valence-corrected chi connectivity index (χ2v) is 6.56. The summed E-state index contributed by atoms with van der Waals surface area (Å²) < 4.78 is 1.95. The Balaban J connectivity index is 1.48. The Hall–Kier alpha value is -3.47. The Morgan fingerprint density at radius 3 is 2.67 bits per heavy atom. The third kappa shape index (κ3) is 3.31. The average Bonchev–Trinajstić information content (AvgIpc) is 3.13. The number of para-hydroxylation sites is 2. The molecule has 0 unspecified atom stereocenters. The molecule has 5 nitrogen and oxygen atoms in total.